The first kappa shape index (κ1) is 20.9. The molecule has 0 spiro atoms. The molecule has 4 rings (SSSR count). The number of nitrogens with zero attached hydrogens (tertiary/aromatic N) is 1. The summed E-state index contributed by atoms with van der Waals surface area (Å²) < 4.78 is 5.69. The minimum absolute atomic E-state index is 0.0760. The third-order valence-electron chi connectivity index (χ3n) is 4.95. The van der Waals surface area contributed by atoms with E-state index in [0.29, 0.717) is 16.9 Å². The highest BCUT2D eigenvalue weighted by molar-refractivity contribution is 7.11. The summed E-state index contributed by atoms with van der Waals surface area (Å²) in [7, 11) is 0. The molecular formula is C25H24N2O3S. The van der Waals surface area contributed by atoms with Crippen LogP contribution in [0.25, 0.3) is 5.57 Å². The number of carbonyl (C=O) groups excluding carboxylic acids is 2. The summed E-state index contributed by atoms with van der Waals surface area (Å²) in [5, 5.41) is 5.09. The molecule has 2 aromatic carbocycles. The third-order valence-corrected chi connectivity index (χ3v) is 5.84. The van der Waals surface area contributed by atoms with E-state index in [1.165, 1.54) is 16.2 Å². The Morgan fingerprint density at radius 2 is 1.71 bits per heavy atom. The monoisotopic (exact) mass is 432 g/mol. The van der Waals surface area contributed by atoms with Crippen molar-refractivity contribution >= 4 is 40.1 Å². The van der Waals surface area contributed by atoms with E-state index in [1.54, 1.807) is 0 Å². The molecule has 31 heavy (non-hydrogen) atoms. The highest BCUT2D eigenvalue weighted by atomic mass is 32.1. The van der Waals surface area contributed by atoms with Gasteiger partial charge in [-0.2, -0.15) is 0 Å². The number of aryl methyl sites for hydroxylation is 2. The first-order valence-electron chi connectivity index (χ1n) is 10.1. The standard InChI is InChI=1S/C25H24N2O3S/c1-15(2)30-19-11-9-18(10-12-19)26-23-22(21-6-5-13-31-21)24(28)27(25(23)29)20-14-16(3)7-8-17(20)4/h5-15,26H,1-4H3. The van der Waals surface area contributed by atoms with Gasteiger partial charge in [-0.1, -0.05) is 18.2 Å². The maximum absolute atomic E-state index is 13.5. The summed E-state index contributed by atoms with van der Waals surface area (Å²) >= 11 is 1.44. The summed E-state index contributed by atoms with van der Waals surface area (Å²) in [5.74, 6) is 0.0758. The van der Waals surface area contributed by atoms with Crippen molar-refractivity contribution in [3.63, 3.8) is 0 Å². The van der Waals surface area contributed by atoms with Gasteiger partial charge in [-0.25, -0.2) is 4.90 Å². The van der Waals surface area contributed by atoms with Crippen LogP contribution in [0, 0.1) is 13.8 Å². The lowest BCUT2D eigenvalue weighted by Crippen LogP contribution is -2.33. The molecule has 0 radical (unpaired) electrons. The van der Waals surface area contributed by atoms with Gasteiger partial charge in [-0.3, -0.25) is 9.59 Å². The number of rotatable bonds is 6. The van der Waals surface area contributed by atoms with E-state index >= 15 is 0 Å². The highest BCUT2D eigenvalue weighted by Gasteiger charge is 2.41. The molecule has 1 aromatic heterocycles. The fraction of sp³-hybridized carbons (Fsp3) is 0.200. The van der Waals surface area contributed by atoms with Crippen LogP contribution >= 0.6 is 11.3 Å². The molecule has 5 nitrogen and oxygen atoms in total. The second kappa shape index (κ2) is 8.40. The van der Waals surface area contributed by atoms with E-state index in [1.807, 2.05) is 87.7 Å². The Balaban J connectivity index is 1.73. The van der Waals surface area contributed by atoms with Gasteiger partial charge in [0.2, 0.25) is 0 Å². The number of hydrogen-bond donors (Lipinski definition) is 1. The van der Waals surface area contributed by atoms with Gasteiger partial charge < -0.3 is 10.1 Å². The van der Waals surface area contributed by atoms with Crippen LogP contribution in [0.15, 0.2) is 65.7 Å². The van der Waals surface area contributed by atoms with Crippen LogP contribution in [0.1, 0.15) is 29.9 Å². The van der Waals surface area contributed by atoms with Gasteiger partial charge in [0.25, 0.3) is 11.8 Å². The molecule has 1 aliphatic heterocycles. The second-order valence-corrected chi connectivity index (χ2v) is 8.73. The minimum atomic E-state index is -0.357. The molecule has 0 bridgehead atoms. The zero-order chi connectivity index (χ0) is 22.1. The SMILES string of the molecule is Cc1ccc(C)c(N2C(=O)C(Nc3ccc(OC(C)C)cc3)=C(c3cccs3)C2=O)c1. The number of imide groups is 1. The molecule has 1 N–H and O–H groups in total. The molecule has 0 saturated heterocycles. The van der Waals surface area contributed by atoms with Gasteiger partial charge in [-0.05, 0) is 80.6 Å². The zero-order valence-corrected chi connectivity index (χ0v) is 18.7. The Bertz CT molecular complexity index is 1160. The molecule has 3 aromatic rings. The molecule has 6 heteroatoms. The molecule has 2 amide bonds. The first-order chi connectivity index (χ1) is 14.8. The largest absolute Gasteiger partial charge is 0.491 e. The molecule has 0 unspecified atom stereocenters. The van der Waals surface area contributed by atoms with Crippen LogP contribution in [0.4, 0.5) is 11.4 Å². The Kier molecular flexibility index (Phi) is 5.65. The fourth-order valence-electron chi connectivity index (χ4n) is 3.51. The van der Waals surface area contributed by atoms with Crippen LogP contribution in [0.2, 0.25) is 0 Å². The van der Waals surface area contributed by atoms with E-state index in [4.69, 9.17) is 4.74 Å². The van der Waals surface area contributed by atoms with Gasteiger partial charge in [-0.15, -0.1) is 11.3 Å². The van der Waals surface area contributed by atoms with Crippen molar-refractivity contribution in [3.8, 4) is 5.75 Å². The summed E-state index contributed by atoms with van der Waals surface area (Å²) in [5.41, 5.74) is 3.86. The highest BCUT2D eigenvalue weighted by Crippen LogP contribution is 2.37. The first-order valence-corrected chi connectivity index (χ1v) is 11.0. The predicted molar refractivity (Wildman–Crippen MR) is 125 cm³/mol. The maximum atomic E-state index is 13.5. The number of benzene rings is 2. The van der Waals surface area contributed by atoms with Crippen molar-refractivity contribution in [1.82, 2.24) is 0 Å². The Labute approximate surface area is 186 Å². The molecule has 2 heterocycles. The van der Waals surface area contributed by atoms with E-state index in [0.717, 1.165) is 21.8 Å². The smallest absolute Gasteiger partial charge is 0.282 e. The van der Waals surface area contributed by atoms with Crippen LogP contribution in [0.3, 0.4) is 0 Å². The molecule has 1 aliphatic rings. The summed E-state index contributed by atoms with van der Waals surface area (Å²) in [6.07, 6.45) is 0.0760. The van der Waals surface area contributed by atoms with E-state index in [9.17, 15) is 9.59 Å². The third kappa shape index (κ3) is 4.11. The molecule has 0 saturated carbocycles. The molecule has 0 fully saturated rings. The lowest BCUT2D eigenvalue weighted by molar-refractivity contribution is -0.120. The van der Waals surface area contributed by atoms with Gasteiger partial charge in [0.1, 0.15) is 11.4 Å². The maximum Gasteiger partial charge on any atom is 0.282 e. The molecule has 0 aliphatic carbocycles. The summed E-state index contributed by atoms with van der Waals surface area (Å²) in [6, 6.07) is 16.9. The number of amides is 2. The van der Waals surface area contributed by atoms with Gasteiger partial charge in [0.15, 0.2) is 0 Å². The molecular weight excluding hydrogens is 408 g/mol. The van der Waals surface area contributed by atoms with Crippen molar-refractivity contribution in [2.45, 2.75) is 33.8 Å². The van der Waals surface area contributed by atoms with Crippen molar-refractivity contribution in [2.75, 3.05) is 10.2 Å². The van der Waals surface area contributed by atoms with Crippen LogP contribution in [-0.4, -0.2) is 17.9 Å². The van der Waals surface area contributed by atoms with Crippen molar-refractivity contribution < 1.29 is 14.3 Å². The Hall–Kier alpha value is -3.38. The summed E-state index contributed by atoms with van der Waals surface area (Å²) in [6.45, 7) is 7.78. The molecule has 0 atom stereocenters. The predicted octanol–water partition coefficient (Wildman–Crippen LogP) is 5.55. The quantitative estimate of drug-likeness (QED) is 0.519. The number of hydrogen-bond acceptors (Lipinski definition) is 5. The second-order valence-electron chi connectivity index (χ2n) is 7.78. The van der Waals surface area contributed by atoms with Crippen molar-refractivity contribution in [3.05, 3.63) is 81.7 Å². The van der Waals surface area contributed by atoms with Gasteiger partial charge in [0, 0.05) is 10.6 Å². The average molecular weight is 433 g/mol. The minimum Gasteiger partial charge on any atom is -0.491 e. The van der Waals surface area contributed by atoms with Gasteiger partial charge in [0.05, 0.1) is 17.4 Å². The number of thiophene rings is 1. The lowest BCUT2D eigenvalue weighted by atomic mass is 10.1. The number of carbonyl (C=O) groups is 2. The van der Waals surface area contributed by atoms with Crippen LogP contribution in [0.5, 0.6) is 5.75 Å². The van der Waals surface area contributed by atoms with Crippen LogP contribution < -0.4 is 15.0 Å². The molecule has 158 valence electrons. The number of anilines is 2. The van der Waals surface area contributed by atoms with Crippen molar-refractivity contribution in [1.29, 1.82) is 0 Å². The topological polar surface area (TPSA) is 58.6 Å². The lowest BCUT2D eigenvalue weighted by Gasteiger charge is -2.18. The average Bonchev–Trinajstić information content (AvgIpc) is 3.32. The van der Waals surface area contributed by atoms with Gasteiger partial charge >= 0.3 is 0 Å². The Morgan fingerprint density at radius 1 is 0.968 bits per heavy atom. The summed E-state index contributed by atoms with van der Waals surface area (Å²) in [4.78, 5) is 28.9. The van der Waals surface area contributed by atoms with Crippen molar-refractivity contribution in [2.24, 2.45) is 0 Å². The number of nitrogens with one attached hydrogen (secondary N) is 1. The van der Waals surface area contributed by atoms with E-state index in [2.05, 4.69) is 5.32 Å². The number of ether oxygens (including phenoxy) is 1. The Morgan fingerprint density at radius 3 is 2.35 bits per heavy atom. The van der Waals surface area contributed by atoms with E-state index in [-0.39, 0.29) is 23.6 Å². The van der Waals surface area contributed by atoms with Crippen LogP contribution in [-0.2, 0) is 9.59 Å². The zero-order valence-electron chi connectivity index (χ0n) is 17.9. The van der Waals surface area contributed by atoms with E-state index < -0.39 is 0 Å². The normalized spacial score (nSPS) is 14.0. The fourth-order valence-corrected chi connectivity index (χ4v) is 4.28.